The Morgan fingerprint density at radius 1 is 1.15 bits per heavy atom. The van der Waals surface area contributed by atoms with Crippen LogP contribution in [-0.4, -0.2) is 19.2 Å². The summed E-state index contributed by atoms with van der Waals surface area (Å²) in [6, 6.07) is 9.39. The molecule has 0 fully saturated rings. The fourth-order valence-electron chi connectivity index (χ4n) is 1.90. The number of benzene rings is 1. The van der Waals surface area contributed by atoms with Crippen molar-refractivity contribution in [2.45, 2.75) is 13.0 Å². The molecule has 1 aromatic heterocycles. The zero-order valence-electron chi connectivity index (χ0n) is 11.7. The first-order chi connectivity index (χ1) is 9.65. The Balaban J connectivity index is 2.25. The Hall–Kier alpha value is -1.94. The fourth-order valence-corrected chi connectivity index (χ4v) is 2.11. The third-order valence-electron chi connectivity index (χ3n) is 2.98. The van der Waals surface area contributed by atoms with Gasteiger partial charge in [-0.15, -0.1) is 0 Å². The Morgan fingerprint density at radius 2 is 1.85 bits per heavy atom. The monoisotopic (exact) mass is 292 g/mol. The van der Waals surface area contributed by atoms with Gasteiger partial charge in [0.25, 0.3) is 0 Å². The van der Waals surface area contributed by atoms with E-state index in [2.05, 4.69) is 10.3 Å². The lowest BCUT2D eigenvalue weighted by atomic mass is 10.2. The van der Waals surface area contributed by atoms with Gasteiger partial charge in [0.1, 0.15) is 0 Å². The van der Waals surface area contributed by atoms with Crippen LogP contribution in [0.2, 0.25) is 5.02 Å². The predicted octanol–water partition coefficient (Wildman–Crippen LogP) is 3.93. The van der Waals surface area contributed by atoms with Crippen LogP contribution in [0, 0.1) is 0 Å². The van der Waals surface area contributed by atoms with E-state index in [1.54, 1.807) is 26.5 Å². The van der Waals surface area contributed by atoms with Gasteiger partial charge in [0.05, 0.1) is 36.7 Å². The zero-order valence-corrected chi connectivity index (χ0v) is 12.4. The number of nitrogens with one attached hydrogen (secondary N) is 1. The number of pyridine rings is 1. The summed E-state index contributed by atoms with van der Waals surface area (Å²) in [7, 11) is 3.18. The molecular formula is C15H17ClN2O2. The molecule has 0 aliphatic carbocycles. The van der Waals surface area contributed by atoms with E-state index in [0.29, 0.717) is 16.5 Å². The van der Waals surface area contributed by atoms with Crippen molar-refractivity contribution in [3.05, 3.63) is 47.2 Å². The summed E-state index contributed by atoms with van der Waals surface area (Å²) >= 11 is 6.25. The molecular weight excluding hydrogens is 276 g/mol. The van der Waals surface area contributed by atoms with Gasteiger partial charge >= 0.3 is 0 Å². The average Bonchev–Trinajstić information content (AvgIpc) is 2.49. The van der Waals surface area contributed by atoms with E-state index in [0.717, 1.165) is 11.4 Å². The van der Waals surface area contributed by atoms with Gasteiger partial charge in [-0.05, 0) is 19.1 Å². The third-order valence-corrected chi connectivity index (χ3v) is 3.29. The molecule has 0 saturated carbocycles. The molecule has 0 spiro atoms. The maximum absolute atomic E-state index is 6.25. The van der Waals surface area contributed by atoms with Crippen LogP contribution in [-0.2, 0) is 0 Å². The van der Waals surface area contributed by atoms with E-state index in [9.17, 15) is 0 Å². The second-order valence-corrected chi connectivity index (χ2v) is 4.71. The molecule has 0 aliphatic rings. The van der Waals surface area contributed by atoms with Crippen LogP contribution in [0.3, 0.4) is 0 Å². The van der Waals surface area contributed by atoms with Crippen molar-refractivity contribution in [1.29, 1.82) is 0 Å². The topological polar surface area (TPSA) is 43.4 Å². The van der Waals surface area contributed by atoms with Crippen LogP contribution >= 0.6 is 11.6 Å². The summed E-state index contributed by atoms with van der Waals surface area (Å²) < 4.78 is 10.5. The molecule has 106 valence electrons. The summed E-state index contributed by atoms with van der Waals surface area (Å²) in [6.07, 6.45) is 1.77. The largest absolute Gasteiger partial charge is 0.493 e. The molecule has 0 bridgehead atoms. The van der Waals surface area contributed by atoms with Crippen LogP contribution in [0.4, 0.5) is 5.69 Å². The first-order valence-electron chi connectivity index (χ1n) is 6.24. The van der Waals surface area contributed by atoms with E-state index in [-0.39, 0.29) is 6.04 Å². The highest BCUT2D eigenvalue weighted by molar-refractivity contribution is 6.33. The smallest absolute Gasteiger partial charge is 0.162 e. The number of rotatable bonds is 5. The Kier molecular flexibility index (Phi) is 4.69. The van der Waals surface area contributed by atoms with Crippen molar-refractivity contribution in [3.8, 4) is 11.5 Å². The molecule has 0 amide bonds. The lowest BCUT2D eigenvalue weighted by Crippen LogP contribution is -2.08. The van der Waals surface area contributed by atoms with Gasteiger partial charge in [0.15, 0.2) is 11.5 Å². The lowest BCUT2D eigenvalue weighted by Gasteiger charge is -2.17. The molecule has 1 atom stereocenters. The number of halogens is 1. The maximum Gasteiger partial charge on any atom is 0.162 e. The Bertz CT molecular complexity index is 576. The molecule has 2 rings (SSSR count). The van der Waals surface area contributed by atoms with E-state index in [1.807, 2.05) is 31.2 Å². The van der Waals surface area contributed by atoms with Crippen molar-refractivity contribution < 1.29 is 9.47 Å². The Morgan fingerprint density at radius 3 is 2.45 bits per heavy atom. The molecule has 0 radical (unpaired) electrons. The van der Waals surface area contributed by atoms with Crippen molar-refractivity contribution in [1.82, 2.24) is 4.98 Å². The van der Waals surface area contributed by atoms with Crippen molar-refractivity contribution in [2.75, 3.05) is 19.5 Å². The summed E-state index contributed by atoms with van der Waals surface area (Å²) in [6.45, 7) is 2.02. The molecule has 1 N–H and O–H groups in total. The quantitative estimate of drug-likeness (QED) is 0.907. The summed E-state index contributed by atoms with van der Waals surface area (Å²) in [5, 5.41) is 3.90. The average molecular weight is 293 g/mol. The first kappa shape index (κ1) is 14.5. The maximum atomic E-state index is 6.25. The molecule has 1 unspecified atom stereocenters. The van der Waals surface area contributed by atoms with Gasteiger partial charge in [0, 0.05) is 18.3 Å². The normalized spacial score (nSPS) is 11.8. The van der Waals surface area contributed by atoms with Crippen LogP contribution in [0.1, 0.15) is 18.7 Å². The summed E-state index contributed by atoms with van der Waals surface area (Å²) in [5.74, 6) is 1.24. The molecule has 4 nitrogen and oxygen atoms in total. The number of hydrogen-bond acceptors (Lipinski definition) is 4. The van der Waals surface area contributed by atoms with Crippen molar-refractivity contribution >= 4 is 17.3 Å². The van der Waals surface area contributed by atoms with E-state index >= 15 is 0 Å². The van der Waals surface area contributed by atoms with Crippen molar-refractivity contribution in [2.24, 2.45) is 0 Å². The molecule has 0 saturated heterocycles. The highest BCUT2D eigenvalue weighted by Crippen LogP contribution is 2.37. The fraction of sp³-hybridized carbons (Fsp3) is 0.267. The van der Waals surface area contributed by atoms with Crippen LogP contribution < -0.4 is 14.8 Å². The van der Waals surface area contributed by atoms with Crippen LogP contribution in [0.5, 0.6) is 11.5 Å². The standard InChI is InChI=1S/C15H17ClN2O2/c1-10(12-6-4-5-7-17-12)18-13-9-15(20-3)14(19-2)8-11(13)16/h4-10,18H,1-3H3. The van der Waals surface area contributed by atoms with E-state index in [1.165, 1.54) is 0 Å². The summed E-state index contributed by atoms with van der Waals surface area (Å²) in [5.41, 5.74) is 1.72. The molecule has 1 heterocycles. The van der Waals surface area contributed by atoms with Gasteiger partial charge in [0.2, 0.25) is 0 Å². The second kappa shape index (κ2) is 6.48. The minimum atomic E-state index is 0.0341. The predicted molar refractivity (Wildman–Crippen MR) is 80.8 cm³/mol. The number of aromatic nitrogens is 1. The summed E-state index contributed by atoms with van der Waals surface area (Å²) in [4.78, 5) is 4.32. The number of nitrogens with zero attached hydrogens (tertiary/aromatic N) is 1. The minimum absolute atomic E-state index is 0.0341. The molecule has 5 heteroatoms. The van der Waals surface area contributed by atoms with E-state index in [4.69, 9.17) is 21.1 Å². The van der Waals surface area contributed by atoms with Gasteiger partial charge < -0.3 is 14.8 Å². The lowest BCUT2D eigenvalue weighted by molar-refractivity contribution is 0.355. The molecule has 2 aromatic rings. The highest BCUT2D eigenvalue weighted by Gasteiger charge is 2.13. The van der Waals surface area contributed by atoms with Gasteiger partial charge in [-0.25, -0.2) is 0 Å². The number of methoxy groups -OCH3 is 2. The van der Waals surface area contributed by atoms with Gasteiger partial charge in [-0.2, -0.15) is 0 Å². The minimum Gasteiger partial charge on any atom is -0.493 e. The van der Waals surface area contributed by atoms with Crippen LogP contribution in [0.25, 0.3) is 0 Å². The number of hydrogen-bond donors (Lipinski definition) is 1. The Labute approximate surface area is 123 Å². The van der Waals surface area contributed by atoms with Crippen LogP contribution in [0.15, 0.2) is 36.5 Å². The molecule has 0 aliphatic heterocycles. The van der Waals surface area contributed by atoms with Crippen molar-refractivity contribution in [3.63, 3.8) is 0 Å². The molecule has 1 aromatic carbocycles. The number of anilines is 1. The molecule has 20 heavy (non-hydrogen) atoms. The van der Waals surface area contributed by atoms with E-state index < -0.39 is 0 Å². The second-order valence-electron chi connectivity index (χ2n) is 4.31. The zero-order chi connectivity index (χ0) is 14.5. The number of ether oxygens (including phenoxy) is 2. The van der Waals surface area contributed by atoms with Gasteiger partial charge in [-0.1, -0.05) is 17.7 Å². The van der Waals surface area contributed by atoms with Gasteiger partial charge in [-0.3, -0.25) is 4.98 Å². The third kappa shape index (κ3) is 3.14. The first-order valence-corrected chi connectivity index (χ1v) is 6.62. The SMILES string of the molecule is COc1cc(Cl)c(NC(C)c2ccccn2)cc1OC. The highest BCUT2D eigenvalue weighted by atomic mass is 35.5.